The lowest BCUT2D eigenvalue weighted by Gasteiger charge is -2.19. The molecule has 0 fully saturated rings. The molecule has 3 rings (SSSR count). The molecule has 3 aromatic carbocycles. The SMILES string of the molecule is CCOc1ccccc1NC(=O)[C@H](OC(=O)c1ccc(C)cc1)c1ccccc1. The van der Waals surface area contributed by atoms with Crippen molar-refractivity contribution < 1.29 is 19.1 Å². The van der Waals surface area contributed by atoms with Crippen LogP contribution in [0.25, 0.3) is 0 Å². The molecule has 0 aliphatic carbocycles. The molecule has 0 aliphatic rings. The minimum atomic E-state index is -1.10. The number of benzene rings is 3. The predicted octanol–water partition coefficient (Wildman–Crippen LogP) is 4.93. The van der Waals surface area contributed by atoms with Crippen LogP contribution in [0.1, 0.15) is 34.5 Å². The number of aryl methyl sites for hydroxylation is 1. The maximum absolute atomic E-state index is 13.0. The zero-order valence-electron chi connectivity index (χ0n) is 16.4. The number of nitrogens with one attached hydrogen (secondary N) is 1. The van der Waals surface area contributed by atoms with Gasteiger partial charge in [-0.1, -0.05) is 60.2 Å². The van der Waals surface area contributed by atoms with E-state index >= 15 is 0 Å². The van der Waals surface area contributed by atoms with E-state index in [-0.39, 0.29) is 0 Å². The average molecular weight is 389 g/mol. The highest BCUT2D eigenvalue weighted by Gasteiger charge is 2.26. The number of rotatable bonds is 7. The summed E-state index contributed by atoms with van der Waals surface area (Å²) < 4.78 is 11.2. The Morgan fingerprint density at radius 3 is 2.24 bits per heavy atom. The Morgan fingerprint density at radius 1 is 0.897 bits per heavy atom. The first-order chi connectivity index (χ1) is 14.1. The molecule has 0 unspecified atom stereocenters. The van der Waals surface area contributed by atoms with Crippen LogP contribution in [-0.4, -0.2) is 18.5 Å². The third kappa shape index (κ3) is 5.23. The summed E-state index contributed by atoms with van der Waals surface area (Å²) in [6.07, 6.45) is -1.10. The molecule has 0 radical (unpaired) electrons. The van der Waals surface area contributed by atoms with Gasteiger partial charge in [-0.3, -0.25) is 4.79 Å². The number of para-hydroxylation sites is 2. The summed E-state index contributed by atoms with van der Waals surface area (Å²) in [6, 6.07) is 23.1. The van der Waals surface area contributed by atoms with Gasteiger partial charge in [0.05, 0.1) is 17.9 Å². The van der Waals surface area contributed by atoms with Crippen LogP contribution in [0.2, 0.25) is 0 Å². The maximum Gasteiger partial charge on any atom is 0.339 e. The minimum Gasteiger partial charge on any atom is -0.492 e. The number of esters is 1. The van der Waals surface area contributed by atoms with Gasteiger partial charge in [-0.15, -0.1) is 0 Å². The number of hydrogen-bond acceptors (Lipinski definition) is 4. The molecule has 1 amide bonds. The fraction of sp³-hybridized carbons (Fsp3) is 0.167. The van der Waals surface area contributed by atoms with Gasteiger partial charge < -0.3 is 14.8 Å². The molecule has 0 saturated carbocycles. The Labute approximate surface area is 170 Å². The van der Waals surface area contributed by atoms with Crippen molar-refractivity contribution in [3.8, 4) is 5.75 Å². The second-order valence-electron chi connectivity index (χ2n) is 6.48. The van der Waals surface area contributed by atoms with E-state index in [9.17, 15) is 9.59 Å². The standard InChI is InChI=1S/C24H23NO4/c1-3-28-21-12-8-7-11-20(21)25-23(26)22(18-9-5-4-6-10-18)29-24(27)19-15-13-17(2)14-16-19/h4-16,22H,3H2,1-2H3,(H,25,26)/t22-/m1/s1. The van der Waals surface area contributed by atoms with Gasteiger partial charge in [-0.2, -0.15) is 0 Å². The van der Waals surface area contributed by atoms with Crippen LogP contribution >= 0.6 is 0 Å². The van der Waals surface area contributed by atoms with Crippen molar-refractivity contribution >= 4 is 17.6 Å². The largest absolute Gasteiger partial charge is 0.492 e. The summed E-state index contributed by atoms with van der Waals surface area (Å²) >= 11 is 0. The van der Waals surface area contributed by atoms with Gasteiger partial charge in [0, 0.05) is 5.56 Å². The molecule has 0 heterocycles. The summed E-state index contributed by atoms with van der Waals surface area (Å²) in [5, 5.41) is 2.82. The zero-order valence-corrected chi connectivity index (χ0v) is 16.4. The molecule has 0 aliphatic heterocycles. The van der Waals surface area contributed by atoms with E-state index in [1.807, 2.05) is 38.1 Å². The van der Waals surface area contributed by atoms with Crippen molar-refractivity contribution in [2.45, 2.75) is 20.0 Å². The number of anilines is 1. The van der Waals surface area contributed by atoms with Gasteiger partial charge >= 0.3 is 5.97 Å². The molecule has 0 aromatic heterocycles. The van der Waals surface area contributed by atoms with Crippen LogP contribution in [-0.2, 0) is 9.53 Å². The van der Waals surface area contributed by atoms with Crippen molar-refractivity contribution in [2.75, 3.05) is 11.9 Å². The molecule has 0 spiro atoms. The third-order valence-electron chi connectivity index (χ3n) is 4.30. The zero-order chi connectivity index (χ0) is 20.6. The highest BCUT2D eigenvalue weighted by Crippen LogP contribution is 2.27. The highest BCUT2D eigenvalue weighted by atomic mass is 16.5. The second-order valence-corrected chi connectivity index (χ2v) is 6.48. The van der Waals surface area contributed by atoms with Crippen molar-refractivity contribution in [3.05, 3.63) is 95.6 Å². The molecule has 5 heteroatoms. The molecule has 29 heavy (non-hydrogen) atoms. The Hall–Kier alpha value is -3.60. The highest BCUT2D eigenvalue weighted by molar-refractivity contribution is 5.99. The number of carbonyl (C=O) groups is 2. The van der Waals surface area contributed by atoms with Crippen LogP contribution in [0.15, 0.2) is 78.9 Å². The molecule has 0 bridgehead atoms. The van der Waals surface area contributed by atoms with Crippen LogP contribution in [0.5, 0.6) is 5.75 Å². The molecule has 5 nitrogen and oxygen atoms in total. The number of hydrogen-bond donors (Lipinski definition) is 1. The fourth-order valence-corrected chi connectivity index (χ4v) is 2.82. The first-order valence-corrected chi connectivity index (χ1v) is 9.43. The van der Waals surface area contributed by atoms with E-state index in [0.717, 1.165) is 5.56 Å². The topological polar surface area (TPSA) is 64.6 Å². The normalized spacial score (nSPS) is 11.4. The smallest absolute Gasteiger partial charge is 0.339 e. The summed E-state index contributed by atoms with van der Waals surface area (Å²) in [6.45, 7) is 4.28. The van der Waals surface area contributed by atoms with Gasteiger partial charge in [-0.25, -0.2) is 4.79 Å². The number of ether oxygens (including phenoxy) is 2. The van der Waals surface area contributed by atoms with E-state index in [1.165, 1.54) is 0 Å². The van der Waals surface area contributed by atoms with Gasteiger partial charge in [0.15, 0.2) is 0 Å². The van der Waals surface area contributed by atoms with Crippen LogP contribution < -0.4 is 10.1 Å². The van der Waals surface area contributed by atoms with Gasteiger partial charge in [-0.05, 0) is 38.1 Å². The van der Waals surface area contributed by atoms with E-state index in [2.05, 4.69) is 5.32 Å². The fourth-order valence-electron chi connectivity index (χ4n) is 2.82. The van der Waals surface area contributed by atoms with Gasteiger partial charge in [0.25, 0.3) is 5.91 Å². The van der Waals surface area contributed by atoms with Crippen LogP contribution in [0.4, 0.5) is 5.69 Å². The van der Waals surface area contributed by atoms with E-state index in [1.54, 1.807) is 54.6 Å². The summed E-state index contributed by atoms with van der Waals surface area (Å²) in [5.74, 6) is -0.462. The van der Waals surface area contributed by atoms with E-state index < -0.39 is 18.0 Å². The molecule has 1 N–H and O–H groups in total. The van der Waals surface area contributed by atoms with E-state index in [0.29, 0.717) is 29.2 Å². The monoisotopic (exact) mass is 389 g/mol. The Balaban J connectivity index is 1.85. The third-order valence-corrected chi connectivity index (χ3v) is 4.30. The second kappa shape index (κ2) is 9.55. The van der Waals surface area contributed by atoms with Crippen LogP contribution in [0.3, 0.4) is 0 Å². The minimum absolute atomic E-state index is 0.388. The molecule has 0 saturated heterocycles. The Morgan fingerprint density at radius 2 is 1.55 bits per heavy atom. The van der Waals surface area contributed by atoms with Gasteiger partial charge in [0.2, 0.25) is 6.10 Å². The molecular formula is C24H23NO4. The van der Waals surface area contributed by atoms with Crippen molar-refractivity contribution in [2.24, 2.45) is 0 Å². The molecule has 3 aromatic rings. The first kappa shape index (κ1) is 20.1. The predicted molar refractivity (Wildman–Crippen MR) is 112 cm³/mol. The Bertz CT molecular complexity index is 968. The summed E-state index contributed by atoms with van der Waals surface area (Å²) in [5.41, 5.74) is 2.52. The summed E-state index contributed by atoms with van der Waals surface area (Å²) in [4.78, 5) is 25.7. The average Bonchev–Trinajstić information content (AvgIpc) is 2.74. The molecule has 1 atom stereocenters. The van der Waals surface area contributed by atoms with Crippen molar-refractivity contribution in [1.29, 1.82) is 0 Å². The molecular weight excluding hydrogens is 366 g/mol. The number of carbonyl (C=O) groups excluding carboxylic acids is 2. The number of amides is 1. The van der Waals surface area contributed by atoms with Gasteiger partial charge in [0.1, 0.15) is 5.75 Å². The lowest BCUT2D eigenvalue weighted by atomic mass is 10.1. The Kier molecular flexibility index (Phi) is 6.63. The maximum atomic E-state index is 13.0. The lowest BCUT2D eigenvalue weighted by molar-refractivity contribution is -0.125. The van der Waals surface area contributed by atoms with E-state index in [4.69, 9.17) is 9.47 Å². The first-order valence-electron chi connectivity index (χ1n) is 9.43. The van der Waals surface area contributed by atoms with Crippen LogP contribution in [0, 0.1) is 6.92 Å². The van der Waals surface area contributed by atoms with Crippen molar-refractivity contribution in [3.63, 3.8) is 0 Å². The van der Waals surface area contributed by atoms with Crippen molar-refractivity contribution in [1.82, 2.24) is 0 Å². The molecule has 148 valence electrons. The summed E-state index contributed by atoms with van der Waals surface area (Å²) in [7, 11) is 0. The quantitative estimate of drug-likeness (QED) is 0.582. The lowest BCUT2D eigenvalue weighted by Crippen LogP contribution is -2.26.